The largest absolute Gasteiger partial charge is 0.496 e. The van der Waals surface area contributed by atoms with E-state index in [1.807, 2.05) is 0 Å². The topological polar surface area (TPSA) is 76.7 Å². The molecule has 4 aliphatic carbocycles. The molecule has 4 saturated carbocycles. The molecule has 1 aromatic rings. The van der Waals surface area contributed by atoms with Crippen molar-refractivity contribution >= 4 is 11.8 Å². The van der Waals surface area contributed by atoms with Gasteiger partial charge in [0.05, 0.1) is 24.7 Å². The second-order valence-corrected chi connectivity index (χ2v) is 11.7. The molecule has 4 fully saturated rings. The molecule has 4 aliphatic rings. The van der Waals surface area contributed by atoms with Gasteiger partial charge in [-0.1, -0.05) is 6.92 Å². The van der Waals surface area contributed by atoms with Crippen LogP contribution in [0.1, 0.15) is 75.1 Å². The molecule has 6 nitrogen and oxygen atoms in total. The Bertz CT molecular complexity index is 1020. The van der Waals surface area contributed by atoms with Crippen LogP contribution >= 0.6 is 0 Å². The first-order valence-corrected chi connectivity index (χ1v) is 13.6. The van der Waals surface area contributed by atoms with Crippen molar-refractivity contribution in [2.45, 2.75) is 82.8 Å². The minimum absolute atomic E-state index is 0.0324. The molecule has 0 radical (unpaired) electrons. The third-order valence-corrected chi connectivity index (χ3v) is 9.01. The smallest absolute Gasteiger partial charge is 0.255 e. The molecule has 2 N–H and O–H groups in total. The molecule has 4 atom stereocenters. The Balaban J connectivity index is 1.27. The van der Waals surface area contributed by atoms with Crippen molar-refractivity contribution in [3.8, 4) is 11.5 Å². The van der Waals surface area contributed by atoms with Gasteiger partial charge in [-0.15, -0.1) is 0 Å². The Hall–Kier alpha value is -2.45. The summed E-state index contributed by atoms with van der Waals surface area (Å²) in [6, 6.07) is 2.21. The maximum absolute atomic E-state index is 14.8. The van der Waals surface area contributed by atoms with E-state index in [9.17, 15) is 22.8 Å². The number of alkyl halides is 2. The molecule has 0 heterocycles. The van der Waals surface area contributed by atoms with Crippen LogP contribution in [0.3, 0.4) is 0 Å². The van der Waals surface area contributed by atoms with Crippen LogP contribution in [0.25, 0.3) is 0 Å². The van der Waals surface area contributed by atoms with Crippen molar-refractivity contribution in [1.82, 2.24) is 10.6 Å². The van der Waals surface area contributed by atoms with Crippen LogP contribution in [0.15, 0.2) is 12.1 Å². The Morgan fingerprint density at radius 2 is 1.73 bits per heavy atom. The van der Waals surface area contributed by atoms with Crippen molar-refractivity contribution < 1.29 is 32.2 Å². The quantitative estimate of drug-likeness (QED) is 0.498. The van der Waals surface area contributed by atoms with Crippen molar-refractivity contribution in [3.63, 3.8) is 0 Å². The number of benzene rings is 1. The van der Waals surface area contributed by atoms with E-state index in [2.05, 4.69) is 17.6 Å². The van der Waals surface area contributed by atoms with E-state index in [0.717, 1.165) is 44.9 Å². The number of rotatable bonds is 8. The summed E-state index contributed by atoms with van der Waals surface area (Å²) in [5.74, 6) is -3.35. The van der Waals surface area contributed by atoms with E-state index < -0.39 is 23.6 Å². The summed E-state index contributed by atoms with van der Waals surface area (Å²) in [6.07, 6.45) is 5.92. The van der Waals surface area contributed by atoms with Crippen LogP contribution in [0.5, 0.6) is 11.5 Å². The van der Waals surface area contributed by atoms with Crippen LogP contribution < -0.4 is 20.1 Å². The van der Waals surface area contributed by atoms with Gasteiger partial charge in [-0.2, -0.15) is 0 Å². The van der Waals surface area contributed by atoms with E-state index in [0.29, 0.717) is 5.92 Å². The lowest BCUT2D eigenvalue weighted by Gasteiger charge is -2.36. The Kier molecular flexibility index (Phi) is 7.33. The Morgan fingerprint density at radius 3 is 2.41 bits per heavy atom. The number of carbonyl (C=O) groups excluding carboxylic acids is 2. The van der Waals surface area contributed by atoms with E-state index in [4.69, 9.17) is 9.47 Å². The van der Waals surface area contributed by atoms with Gasteiger partial charge in [0, 0.05) is 31.5 Å². The third kappa shape index (κ3) is 5.55. The minimum atomic E-state index is -2.62. The number of methoxy groups -OCH3 is 1. The first kappa shape index (κ1) is 26.2. The van der Waals surface area contributed by atoms with Crippen LogP contribution in [-0.2, 0) is 4.79 Å². The van der Waals surface area contributed by atoms with E-state index in [1.54, 1.807) is 0 Å². The van der Waals surface area contributed by atoms with Gasteiger partial charge in [0.1, 0.15) is 5.75 Å². The molecular formula is C28H37F3N2O4. The van der Waals surface area contributed by atoms with Crippen molar-refractivity contribution in [1.29, 1.82) is 0 Å². The lowest BCUT2D eigenvalue weighted by atomic mass is 9.80. The number of carbonyl (C=O) groups is 2. The molecule has 37 heavy (non-hydrogen) atoms. The number of nitrogens with one attached hydrogen (secondary N) is 2. The van der Waals surface area contributed by atoms with E-state index in [1.165, 1.54) is 19.2 Å². The molecule has 9 heteroatoms. The normalized spacial score (nSPS) is 32.5. The second kappa shape index (κ2) is 10.4. The first-order valence-electron chi connectivity index (χ1n) is 13.6. The molecule has 0 unspecified atom stereocenters. The molecule has 2 amide bonds. The highest BCUT2D eigenvalue weighted by Gasteiger charge is 2.52. The fraction of sp³-hybridized carbons (Fsp3) is 0.714. The number of hydrogen-bond donors (Lipinski definition) is 2. The van der Waals surface area contributed by atoms with Crippen molar-refractivity contribution in [2.75, 3.05) is 13.7 Å². The van der Waals surface area contributed by atoms with Crippen LogP contribution in [0, 0.1) is 35.4 Å². The third-order valence-electron chi connectivity index (χ3n) is 9.01. The fourth-order valence-electron chi connectivity index (χ4n) is 6.90. The van der Waals surface area contributed by atoms with Crippen LogP contribution in [0.2, 0.25) is 0 Å². The Labute approximate surface area is 216 Å². The van der Waals surface area contributed by atoms with Gasteiger partial charge in [-0.25, -0.2) is 13.2 Å². The molecule has 1 aromatic carbocycles. The standard InChI is InChI=1S/C28H37F3N2O4/c1-15-3-7-19(8-4-15)37-23-10-20(22(36-2)11-21(23)29)26(34)33-25-18-6-5-17(9-18)24(25)27(35)32-14-16-12-28(30,31)13-16/h10-11,15-19,24-25H,3-9,12-14H2,1-2H3,(H,32,35)(H,33,34)/t15?,17-,18+,19?,24+,25-/m1/s1. The van der Waals surface area contributed by atoms with Gasteiger partial charge in [-0.05, 0) is 74.7 Å². The van der Waals surface area contributed by atoms with Crippen molar-refractivity contribution in [2.24, 2.45) is 29.6 Å². The van der Waals surface area contributed by atoms with E-state index in [-0.39, 0.29) is 72.3 Å². The monoisotopic (exact) mass is 522 g/mol. The molecule has 2 bridgehead atoms. The summed E-state index contributed by atoms with van der Waals surface area (Å²) >= 11 is 0. The number of halogens is 3. The Morgan fingerprint density at radius 1 is 1.03 bits per heavy atom. The zero-order valence-corrected chi connectivity index (χ0v) is 21.5. The highest BCUT2D eigenvalue weighted by Crippen LogP contribution is 2.49. The summed E-state index contributed by atoms with van der Waals surface area (Å²) in [4.78, 5) is 26.5. The summed E-state index contributed by atoms with van der Waals surface area (Å²) in [6.45, 7) is 2.43. The van der Waals surface area contributed by atoms with E-state index >= 15 is 0 Å². The SMILES string of the molecule is COc1cc(F)c(OC2CCC(C)CC2)cc1C(=O)N[C@@H]1[C@H]2CC[C@H](C2)[C@@H]1C(=O)NCC1CC(F)(F)C1. The zero-order chi connectivity index (χ0) is 26.3. The van der Waals surface area contributed by atoms with Gasteiger partial charge in [-0.3, -0.25) is 9.59 Å². The predicted molar refractivity (Wildman–Crippen MR) is 131 cm³/mol. The number of hydrogen-bond acceptors (Lipinski definition) is 4. The molecule has 0 saturated heterocycles. The summed E-state index contributed by atoms with van der Waals surface area (Å²) in [7, 11) is 1.38. The summed E-state index contributed by atoms with van der Waals surface area (Å²) in [5, 5.41) is 5.90. The maximum atomic E-state index is 14.8. The fourth-order valence-corrected chi connectivity index (χ4v) is 6.90. The van der Waals surface area contributed by atoms with Crippen molar-refractivity contribution in [3.05, 3.63) is 23.5 Å². The van der Waals surface area contributed by atoms with Crippen LogP contribution in [0.4, 0.5) is 13.2 Å². The minimum Gasteiger partial charge on any atom is -0.496 e. The zero-order valence-electron chi connectivity index (χ0n) is 21.5. The number of fused-ring (bicyclic) bond motifs is 2. The number of amides is 2. The predicted octanol–water partition coefficient (Wildman–Crippen LogP) is 5.10. The number of ether oxygens (including phenoxy) is 2. The highest BCUT2D eigenvalue weighted by atomic mass is 19.3. The molecule has 0 aliphatic heterocycles. The van der Waals surface area contributed by atoms with Crippen LogP contribution in [-0.4, -0.2) is 43.5 Å². The molecule has 5 rings (SSSR count). The maximum Gasteiger partial charge on any atom is 0.255 e. The van der Waals surface area contributed by atoms with Gasteiger partial charge in [0.2, 0.25) is 11.8 Å². The van der Waals surface area contributed by atoms with Gasteiger partial charge < -0.3 is 20.1 Å². The molecule has 0 aromatic heterocycles. The average molecular weight is 523 g/mol. The molecule has 0 spiro atoms. The second-order valence-electron chi connectivity index (χ2n) is 11.7. The lowest BCUT2D eigenvalue weighted by molar-refractivity contribution is -0.131. The molecular weight excluding hydrogens is 485 g/mol. The first-order chi connectivity index (χ1) is 17.6. The average Bonchev–Trinajstić information content (AvgIpc) is 3.45. The van der Waals surface area contributed by atoms with Gasteiger partial charge in [0.15, 0.2) is 11.6 Å². The summed E-state index contributed by atoms with van der Waals surface area (Å²) < 4.78 is 52.4. The molecule has 204 valence electrons. The highest BCUT2D eigenvalue weighted by molar-refractivity contribution is 5.98. The van der Waals surface area contributed by atoms with Gasteiger partial charge >= 0.3 is 0 Å². The lowest BCUT2D eigenvalue weighted by Crippen LogP contribution is -2.51. The van der Waals surface area contributed by atoms with Gasteiger partial charge in [0.25, 0.3) is 5.91 Å². The summed E-state index contributed by atoms with van der Waals surface area (Å²) in [5.41, 5.74) is 0.168.